The first kappa shape index (κ1) is 20.7. The molecule has 160 valence electrons. The normalized spacial score (nSPS) is 19.5. The number of nitrogens with one attached hydrogen (secondary N) is 1. The molecule has 2 heterocycles. The number of amides is 2. The van der Waals surface area contributed by atoms with Crippen molar-refractivity contribution in [3.05, 3.63) is 60.2 Å². The summed E-state index contributed by atoms with van der Waals surface area (Å²) in [6.07, 6.45) is 1.55. The van der Waals surface area contributed by atoms with Crippen molar-refractivity contribution in [2.75, 3.05) is 48.1 Å². The molecule has 2 aliphatic rings. The highest BCUT2D eigenvalue weighted by Crippen LogP contribution is 2.26. The fourth-order valence-electron chi connectivity index (χ4n) is 4.04. The molecular formula is C22H28N4O3S. The Kier molecular flexibility index (Phi) is 6.24. The highest BCUT2D eigenvalue weighted by Gasteiger charge is 2.28. The zero-order chi connectivity index (χ0) is 21.0. The second-order valence-electron chi connectivity index (χ2n) is 7.82. The van der Waals surface area contributed by atoms with Gasteiger partial charge in [-0.05, 0) is 36.6 Å². The summed E-state index contributed by atoms with van der Waals surface area (Å²) in [5.41, 5.74) is 2.50. The molecule has 2 fully saturated rings. The zero-order valence-corrected chi connectivity index (χ0v) is 17.9. The number of sulfonamides is 1. The SMILES string of the molecule is O=C(Nc1cccc(N2CCCS2(=O)=O)c1)N1CCCN(Cc2ccccc2)CC1. The maximum Gasteiger partial charge on any atom is 0.321 e. The molecule has 0 radical (unpaired) electrons. The molecule has 0 aliphatic carbocycles. The van der Waals surface area contributed by atoms with Gasteiger partial charge in [0.2, 0.25) is 10.0 Å². The molecule has 4 rings (SSSR count). The van der Waals surface area contributed by atoms with Gasteiger partial charge < -0.3 is 10.2 Å². The summed E-state index contributed by atoms with van der Waals surface area (Å²) in [6.45, 7) is 4.54. The molecule has 2 amide bonds. The Labute approximate surface area is 178 Å². The van der Waals surface area contributed by atoms with Crippen LogP contribution >= 0.6 is 0 Å². The monoisotopic (exact) mass is 428 g/mol. The molecular weight excluding hydrogens is 400 g/mol. The summed E-state index contributed by atoms with van der Waals surface area (Å²) < 4.78 is 25.8. The minimum absolute atomic E-state index is 0.141. The van der Waals surface area contributed by atoms with Gasteiger partial charge in [-0.1, -0.05) is 36.4 Å². The van der Waals surface area contributed by atoms with E-state index in [2.05, 4.69) is 34.5 Å². The van der Waals surface area contributed by atoms with Crippen LogP contribution in [0.2, 0.25) is 0 Å². The molecule has 0 unspecified atom stereocenters. The molecule has 2 aromatic rings. The van der Waals surface area contributed by atoms with Gasteiger partial charge in [0, 0.05) is 45.0 Å². The maximum atomic E-state index is 12.8. The predicted octanol–water partition coefficient (Wildman–Crippen LogP) is 2.97. The minimum atomic E-state index is -3.24. The second kappa shape index (κ2) is 9.06. The Balaban J connectivity index is 1.35. The average molecular weight is 429 g/mol. The lowest BCUT2D eigenvalue weighted by Crippen LogP contribution is -2.38. The highest BCUT2D eigenvalue weighted by molar-refractivity contribution is 7.93. The van der Waals surface area contributed by atoms with Crippen molar-refractivity contribution >= 4 is 27.4 Å². The van der Waals surface area contributed by atoms with E-state index < -0.39 is 10.0 Å². The van der Waals surface area contributed by atoms with Crippen molar-refractivity contribution in [3.8, 4) is 0 Å². The standard InChI is InChI=1S/C22H28N4O3S/c27-22(23-20-9-4-10-21(17-20)26-13-6-16-30(26,28)29)25-12-5-11-24(14-15-25)18-19-7-2-1-3-8-19/h1-4,7-10,17H,5-6,11-16,18H2,(H,23,27). The maximum absolute atomic E-state index is 12.8. The molecule has 0 spiro atoms. The van der Waals surface area contributed by atoms with E-state index in [1.54, 1.807) is 24.3 Å². The Morgan fingerprint density at radius 2 is 1.73 bits per heavy atom. The number of carbonyl (C=O) groups is 1. The van der Waals surface area contributed by atoms with Crippen LogP contribution in [-0.2, 0) is 16.6 Å². The first-order valence-corrected chi connectivity index (χ1v) is 12.0. The van der Waals surface area contributed by atoms with E-state index >= 15 is 0 Å². The first-order valence-electron chi connectivity index (χ1n) is 10.4. The van der Waals surface area contributed by atoms with E-state index in [-0.39, 0.29) is 11.8 Å². The molecule has 2 aromatic carbocycles. The van der Waals surface area contributed by atoms with Crippen LogP contribution in [-0.4, -0.2) is 62.7 Å². The van der Waals surface area contributed by atoms with Crippen LogP contribution in [0.15, 0.2) is 54.6 Å². The summed E-state index contributed by atoms with van der Waals surface area (Å²) >= 11 is 0. The number of hydrogen-bond donors (Lipinski definition) is 1. The number of urea groups is 1. The topological polar surface area (TPSA) is 73.0 Å². The lowest BCUT2D eigenvalue weighted by atomic mass is 10.2. The van der Waals surface area contributed by atoms with Crippen molar-refractivity contribution in [2.45, 2.75) is 19.4 Å². The first-order chi connectivity index (χ1) is 14.5. The number of anilines is 2. The van der Waals surface area contributed by atoms with Crippen LogP contribution in [0.5, 0.6) is 0 Å². The number of benzene rings is 2. The lowest BCUT2D eigenvalue weighted by Gasteiger charge is -2.23. The second-order valence-corrected chi connectivity index (χ2v) is 9.84. The van der Waals surface area contributed by atoms with Crippen molar-refractivity contribution in [1.29, 1.82) is 0 Å². The van der Waals surface area contributed by atoms with Crippen LogP contribution < -0.4 is 9.62 Å². The van der Waals surface area contributed by atoms with E-state index in [0.29, 0.717) is 37.4 Å². The molecule has 1 N–H and O–H groups in total. The van der Waals surface area contributed by atoms with Gasteiger partial charge in [0.15, 0.2) is 0 Å². The van der Waals surface area contributed by atoms with Crippen LogP contribution in [0.4, 0.5) is 16.2 Å². The zero-order valence-electron chi connectivity index (χ0n) is 17.0. The van der Waals surface area contributed by atoms with Crippen molar-refractivity contribution < 1.29 is 13.2 Å². The summed E-state index contributed by atoms with van der Waals surface area (Å²) in [6, 6.07) is 17.3. The quantitative estimate of drug-likeness (QED) is 0.813. The van der Waals surface area contributed by atoms with Gasteiger partial charge in [0.1, 0.15) is 0 Å². The van der Waals surface area contributed by atoms with Gasteiger partial charge in [-0.25, -0.2) is 13.2 Å². The molecule has 2 saturated heterocycles. The number of nitrogens with zero attached hydrogens (tertiary/aromatic N) is 3. The van der Waals surface area contributed by atoms with Gasteiger partial charge in [0.25, 0.3) is 0 Å². The Morgan fingerprint density at radius 3 is 2.50 bits per heavy atom. The molecule has 0 bridgehead atoms. The number of carbonyl (C=O) groups excluding carboxylic acids is 1. The predicted molar refractivity (Wildman–Crippen MR) is 119 cm³/mol. The number of rotatable bonds is 4. The molecule has 0 atom stereocenters. The molecule has 8 heteroatoms. The third kappa shape index (κ3) is 4.94. The van der Waals surface area contributed by atoms with E-state index in [1.807, 2.05) is 11.0 Å². The van der Waals surface area contributed by atoms with Crippen molar-refractivity contribution in [3.63, 3.8) is 0 Å². The molecule has 30 heavy (non-hydrogen) atoms. The van der Waals surface area contributed by atoms with Gasteiger partial charge >= 0.3 is 6.03 Å². The third-order valence-corrected chi connectivity index (χ3v) is 7.48. The van der Waals surface area contributed by atoms with Crippen LogP contribution in [0.1, 0.15) is 18.4 Å². The fourth-order valence-corrected chi connectivity index (χ4v) is 5.60. The van der Waals surface area contributed by atoms with Gasteiger partial charge in [0.05, 0.1) is 11.4 Å². The number of hydrogen-bond acceptors (Lipinski definition) is 4. The van der Waals surface area contributed by atoms with Crippen LogP contribution in [0.3, 0.4) is 0 Å². The fraction of sp³-hybridized carbons (Fsp3) is 0.409. The minimum Gasteiger partial charge on any atom is -0.323 e. The van der Waals surface area contributed by atoms with Gasteiger partial charge in [-0.3, -0.25) is 9.21 Å². The van der Waals surface area contributed by atoms with E-state index in [9.17, 15) is 13.2 Å². The largest absolute Gasteiger partial charge is 0.323 e. The summed E-state index contributed by atoms with van der Waals surface area (Å²) in [4.78, 5) is 17.0. The Morgan fingerprint density at radius 1 is 0.900 bits per heavy atom. The van der Waals surface area contributed by atoms with Crippen molar-refractivity contribution in [1.82, 2.24) is 9.80 Å². The Hall–Kier alpha value is -2.58. The van der Waals surface area contributed by atoms with E-state index in [4.69, 9.17) is 0 Å². The summed E-state index contributed by atoms with van der Waals surface area (Å²) in [5, 5.41) is 2.94. The smallest absolute Gasteiger partial charge is 0.321 e. The summed E-state index contributed by atoms with van der Waals surface area (Å²) in [5.74, 6) is 0.177. The molecule has 7 nitrogen and oxygen atoms in total. The van der Waals surface area contributed by atoms with Crippen LogP contribution in [0.25, 0.3) is 0 Å². The molecule has 2 aliphatic heterocycles. The average Bonchev–Trinajstić information content (AvgIpc) is 2.94. The van der Waals surface area contributed by atoms with Gasteiger partial charge in [-0.2, -0.15) is 0 Å². The van der Waals surface area contributed by atoms with Crippen molar-refractivity contribution in [2.24, 2.45) is 0 Å². The highest BCUT2D eigenvalue weighted by atomic mass is 32.2. The van der Waals surface area contributed by atoms with E-state index in [1.165, 1.54) is 9.87 Å². The Bertz CT molecular complexity index is 981. The summed E-state index contributed by atoms with van der Waals surface area (Å²) in [7, 11) is -3.24. The molecule has 0 aromatic heterocycles. The lowest BCUT2D eigenvalue weighted by molar-refractivity contribution is 0.211. The molecule has 0 saturated carbocycles. The van der Waals surface area contributed by atoms with E-state index in [0.717, 1.165) is 26.1 Å². The third-order valence-electron chi connectivity index (χ3n) is 5.61. The van der Waals surface area contributed by atoms with Crippen LogP contribution in [0, 0.1) is 0 Å². The van der Waals surface area contributed by atoms with Gasteiger partial charge in [-0.15, -0.1) is 0 Å².